The molecular formula is C7H9NO2. The summed E-state index contributed by atoms with van der Waals surface area (Å²) in [5, 5.41) is 8.38. The largest absolute Gasteiger partial charge is 0.477 e. The van der Waals surface area contributed by atoms with Crippen LogP contribution in [-0.4, -0.2) is 17.3 Å². The zero-order valence-corrected chi connectivity index (χ0v) is 5.74. The molecule has 0 aromatic heterocycles. The van der Waals surface area contributed by atoms with Gasteiger partial charge in [-0.2, -0.15) is 0 Å². The lowest BCUT2D eigenvalue weighted by Gasteiger charge is -1.88. The van der Waals surface area contributed by atoms with Crippen molar-refractivity contribution >= 4 is 12.2 Å². The van der Waals surface area contributed by atoms with Gasteiger partial charge in [0.1, 0.15) is 5.70 Å². The first-order valence-electron chi connectivity index (χ1n) is 2.77. The molecular weight excluding hydrogens is 130 g/mol. The van der Waals surface area contributed by atoms with Crippen molar-refractivity contribution in [3.8, 4) is 0 Å². The average Bonchev–Trinajstić information content (AvgIpc) is 1.89. The number of carboxylic acids is 1. The summed E-state index contributed by atoms with van der Waals surface area (Å²) >= 11 is 0. The SMILES string of the molecule is C=C/C=N\C(=C\C)C(=O)O. The maximum absolute atomic E-state index is 10.2. The van der Waals surface area contributed by atoms with E-state index in [4.69, 9.17) is 5.11 Å². The maximum Gasteiger partial charge on any atom is 0.354 e. The van der Waals surface area contributed by atoms with Gasteiger partial charge < -0.3 is 5.11 Å². The van der Waals surface area contributed by atoms with Crippen LogP contribution in [0.1, 0.15) is 6.92 Å². The van der Waals surface area contributed by atoms with Crippen molar-refractivity contribution in [2.45, 2.75) is 6.92 Å². The fourth-order valence-corrected chi connectivity index (χ4v) is 0.386. The molecule has 0 atom stereocenters. The molecule has 3 nitrogen and oxygen atoms in total. The molecule has 0 rings (SSSR count). The number of nitrogens with zero attached hydrogens (tertiary/aromatic N) is 1. The lowest BCUT2D eigenvalue weighted by atomic mass is 10.4. The Balaban J connectivity index is 4.25. The molecule has 0 aliphatic carbocycles. The van der Waals surface area contributed by atoms with Gasteiger partial charge in [-0.05, 0) is 6.92 Å². The van der Waals surface area contributed by atoms with E-state index in [1.54, 1.807) is 6.92 Å². The van der Waals surface area contributed by atoms with E-state index in [-0.39, 0.29) is 5.70 Å². The minimum absolute atomic E-state index is 0.0277. The van der Waals surface area contributed by atoms with E-state index in [1.165, 1.54) is 18.4 Å². The Morgan fingerprint density at radius 1 is 1.70 bits per heavy atom. The minimum Gasteiger partial charge on any atom is -0.477 e. The smallest absolute Gasteiger partial charge is 0.354 e. The van der Waals surface area contributed by atoms with E-state index in [9.17, 15) is 4.79 Å². The number of hydrogen-bond acceptors (Lipinski definition) is 2. The molecule has 0 bridgehead atoms. The Morgan fingerprint density at radius 2 is 2.30 bits per heavy atom. The molecule has 1 N–H and O–H groups in total. The van der Waals surface area contributed by atoms with Crippen LogP contribution >= 0.6 is 0 Å². The molecule has 0 aliphatic rings. The lowest BCUT2D eigenvalue weighted by Crippen LogP contribution is -1.96. The highest BCUT2D eigenvalue weighted by Crippen LogP contribution is 1.93. The number of rotatable bonds is 3. The first-order chi connectivity index (χ1) is 4.72. The van der Waals surface area contributed by atoms with Gasteiger partial charge in [-0.3, -0.25) is 0 Å². The number of aliphatic imine (C=N–C) groups is 1. The van der Waals surface area contributed by atoms with E-state index >= 15 is 0 Å². The molecule has 0 spiro atoms. The summed E-state index contributed by atoms with van der Waals surface area (Å²) in [5.74, 6) is -1.03. The summed E-state index contributed by atoms with van der Waals surface area (Å²) in [6.45, 7) is 4.97. The summed E-state index contributed by atoms with van der Waals surface area (Å²) < 4.78 is 0. The number of hydrogen-bond donors (Lipinski definition) is 1. The van der Waals surface area contributed by atoms with Crippen LogP contribution in [0.25, 0.3) is 0 Å². The Labute approximate surface area is 59.4 Å². The molecule has 0 fully saturated rings. The second kappa shape index (κ2) is 4.49. The zero-order valence-electron chi connectivity index (χ0n) is 5.74. The molecule has 0 saturated heterocycles. The van der Waals surface area contributed by atoms with E-state index in [2.05, 4.69) is 11.6 Å². The third-order valence-corrected chi connectivity index (χ3v) is 0.812. The second-order valence-electron chi connectivity index (χ2n) is 1.49. The van der Waals surface area contributed by atoms with E-state index in [0.717, 1.165) is 0 Å². The molecule has 0 unspecified atom stereocenters. The number of allylic oxidation sites excluding steroid dienone is 2. The van der Waals surface area contributed by atoms with Crippen LogP contribution in [0.3, 0.4) is 0 Å². The van der Waals surface area contributed by atoms with Crippen molar-refractivity contribution in [1.29, 1.82) is 0 Å². The fourth-order valence-electron chi connectivity index (χ4n) is 0.386. The van der Waals surface area contributed by atoms with Crippen LogP contribution in [0, 0.1) is 0 Å². The van der Waals surface area contributed by atoms with Crippen LogP contribution in [0.4, 0.5) is 0 Å². The van der Waals surface area contributed by atoms with Crippen molar-refractivity contribution in [1.82, 2.24) is 0 Å². The maximum atomic E-state index is 10.2. The van der Waals surface area contributed by atoms with Gasteiger partial charge in [-0.25, -0.2) is 9.79 Å². The standard InChI is InChI=1S/C7H9NO2/c1-3-5-8-6(4-2)7(9)10/h3-5H,1H2,2H3,(H,9,10)/b6-4+,8-5-. The highest BCUT2D eigenvalue weighted by Gasteiger charge is 1.99. The number of carboxylic acid groups (broad SMARTS) is 1. The van der Waals surface area contributed by atoms with Crippen LogP contribution in [0.2, 0.25) is 0 Å². The van der Waals surface area contributed by atoms with Gasteiger partial charge in [0.25, 0.3) is 0 Å². The minimum atomic E-state index is -1.03. The summed E-state index contributed by atoms with van der Waals surface area (Å²) in [4.78, 5) is 13.8. The van der Waals surface area contributed by atoms with Crippen LogP contribution in [0.5, 0.6) is 0 Å². The first kappa shape index (κ1) is 8.62. The summed E-state index contributed by atoms with van der Waals surface area (Å²) in [7, 11) is 0. The van der Waals surface area contributed by atoms with E-state index in [1.807, 2.05) is 0 Å². The molecule has 0 radical (unpaired) electrons. The van der Waals surface area contributed by atoms with Crippen LogP contribution in [0.15, 0.2) is 29.4 Å². The number of carbonyl (C=O) groups is 1. The Hall–Kier alpha value is -1.38. The molecule has 0 amide bonds. The molecule has 0 heterocycles. The molecule has 3 heteroatoms. The predicted molar refractivity (Wildman–Crippen MR) is 40.1 cm³/mol. The van der Waals surface area contributed by atoms with Crippen molar-refractivity contribution < 1.29 is 9.90 Å². The highest BCUT2D eigenvalue weighted by atomic mass is 16.4. The monoisotopic (exact) mass is 139 g/mol. The van der Waals surface area contributed by atoms with Gasteiger partial charge in [-0.1, -0.05) is 18.7 Å². The summed E-state index contributed by atoms with van der Waals surface area (Å²) in [6.07, 6.45) is 4.18. The summed E-state index contributed by atoms with van der Waals surface area (Å²) in [6, 6.07) is 0. The molecule has 10 heavy (non-hydrogen) atoms. The first-order valence-corrected chi connectivity index (χ1v) is 2.77. The molecule has 0 aromatic carbocycles. The van der Waals surface area contributed by atoms with Gasteiger partial charge in [0.05, 0.1) is 0 Å². The Bertz CT molecular complexity index is 192. The van der Waals surface area contributed by atoms with E-state index < -0.39 is 5.97 Å². The molecule has 0 aromatic rings. The van der Waals surface area contributed by atoms with Crippen LogP contribution in [-0.2, 0) is 4.79 Å². The molecule has 54 valence electrons. The van der Waals surface area contributed by atoms with Crippen molar-refractivity contribution in [3.63, 3.8) is 0 Å². The molecule has 0 aliphatic heterocycles. The number of aliphatic carboxylic acids is 1. The van der Waals surface area contributed by atoms with Gasteiger partial charge in [0.15, 0.2) is 0 Å². The third kappa shape index (κ3) is 2.81. The topological polar surface area (TPSA) is 49.7 Å². The average molecular weight is 139 g/mol. The van der Waals surface area contributed by atoms with Gasteiger partial charge in [0.2, 0.25) is 0 Å². The van der Waals surface area contributed by atoms with Crippen molar-refractivity contribution in [3.05, 3.63) is 24.4 Å². The Kier molecular flexibility index (Phi) is 3.87. The lowest BCUT2D eigenvalue weighted by molar-refractivity contribution is -0.132. The van der Waals surface area contributed by atoms with Crippen molar-refractivity contribution in [2.24, 2.45) is 4.99 Å². The highest BCUT2D eigenvalue weighted by molar-refractivity contribution is 5.89. The van der Waals surface area contributed by atoms with E-state index in [0.29, 0.717) is 0 Å². The quantitative estimate of drug-likeness (QED) is 0.472. The second-order valence-corrected chi connectivity index (χ2v) is 1.49. The third-order valence-electron chi connectivity index (χ3n) is 0.812. The fraction of sp³-hybridized carbons (Fsp3) is 0.143. The normalized spacial score (nSPS) is 11.9. The van der Waals surface area contributed by atoms with Gasteiger partial charge in [0, 0.05) is 6.21 Å². The van der Waals surface area contributed by atoms with Gasteiger partial charge >= 0.3 is 5.97 Å². The summed E-state index contributed by atoms with van der Waals surface area (Å²) in [5.41, 5.74) is 0.0277. The molecule has 0 saturated carbocycles. The van der Waals surface area contributed by atoms with Crippen LogP contribution < -0.4 is 0 Å². The predicted octanol–water partition coefficient (Wildman–Crippen LogP) is 1.23. The Morgan fingerprint density at radius 3 is 2.60 bits per heavy atom. The van der Waals surface area contributed by atoms with Gasteiger partial charge in [-0.15, -0.1) is 0 Å². The zero-order chi connectivity index (χ0) is 7.98. The van der Waals surface area contributed by atoms with Crippen molar-refractivity contribution in [2.75, 3.05) is 0 Å².